The molecular weight excluding hydrogens is 254 g/mol. The van der Waals surface area contributed by atoms with Crippen LogP contribution in [0.4, 0.5) is 5.95 Å². The molecule has 0 aliphatic rings. The number of rotatable bonds is 2. The van der Waals surface area contributed by atoms with Gasteiger partial charge in [0.05, 0.1) is 17.0 Å². The van der Waals surface area contributed by atoms with Crippen LogP contribution in [0, 0.1) is 13.8 Å². The lowest BCUT2D eigenvalue weighted by Crippen LogP contribution is -2.16. The number of hydrogen-bond donors (Lipinski definition) is 1. The highest BCUT2D eigenvalue weighted by Gasteiger charge is 2.12. The van der Waals surface area contributed by atoms with Crippen LogP contribution in [0.15, 0.2) is 18.3 Å². The normalized spacial score (nSPS) is 10.2. The van der Waals surface area contributed by atoms with Crippen LogP contribution in [0.2, 0.25) is 5.15 Å². The fraction of sp³-hybridized carbons (Fsp3) is 0.182. The van der Waals surface area contributed by atoms with Crippen molar-refractivity contribution in [2.24, 2.45) is 0 Å². The summed E-state index contributed by atoms with van der Waals surface area (Å²) in [6, 6.07) is 3.19. The Hall–Kier alpha value is -2.08. The first-order valence-electron chi connectivity index (χ1n) is 5.17. The average Bonchev–Trinajstić information content (AvgIpc) is 2.34. The summed E-state index contributed by atoms with van der Waals surface area (Å²) in [5.74, 6) is -0.277. The van der Waals surface area contributed by atoms with Crippen molar-refractivity contribution in [1.82, 2.24) is 20.2 Å². The number of pyridine rings is 1. The van der Waals surface area contributed by atoms with Crippen molar-refractivity contribution in [3.8, 4) is 0 Å². The summed E-state index contributed by atoms with van der Waals surface area (Å²) < 4.78 is 0. The Balaban J connectivity index is 2.22. The molecule has 0 bridgehead atoms. The summed E-state index contributed by atoms with van der Waals surface area (Å²) in [6.45, 7) is 3.58. The van der Waals surface area contributed by atoms with Gasteiger partial charge in [-0.25, -0.2) is 9.97 Å². The molecule has 0 spiro atoms. The lowest BCUT2D eigenvalue weighted by Gasteiger charge is -2.05. The highest BCUT2D eigenvalue weighted by Crippen LogP contribution is 2.13. The molecule has 1 amide bonds. The third-order valence-electron chi connectivity index (χ3n) is 2.32. The van der Waals surface area contributed by atoms with E-state index in [-0.39, 0.29) is 16.7 Å². The Kier molecular flexibility index (Phi) is 3.47. The molecule has 2 rings (SSSR count). The van der Waals surface area contributed by atoms with Gasteiger partial charge in [0.1, 0.15) is 5.15 Å². The molecule has 0 saturated heterocycles. The lowest BCUT2D eigenvalue weighted by atomic mass is 10.3. The van der Waals surface area contributed by atoms with Crippen LogP contribution in [0.1, 0.15) is 21.7 Å². The van der Waals surface area contributed by atoms with Crippen LogP contribution < -0.4 is 5.32 Å². The number of nitrogens with one attached hydrogen (secondary N) is 1. The van der Waals surface area contributed by atoms with Crippen molar-refractivity contribution in [2.75, 3.05) is 5.32 Å². The molecule has 2 heterocycles. The minimum Gasteiger partial charge on any atom is -0.289 e. The summed E-state index contributed by atoms with van der Waals surface area (Å²) in [4.78, 5) is 19.8. The zero-order valence-electron chi connectivity index (χ0n) is 9.81. The van der Waals surface area contributed by atoms with E-state index in [2.05, 4.69) is 25.5 Å². The van der Waals surface area contributed by atoms with E-state index in [0.29, 0.717) is 11.4 Å². The predicted octanol–water partition coefficient (Wildman–Crippen LogP) is 1.79. The molecule has 92 valence electrons. The first-order chi connectivity index (χ1) is 8.58. The summed E-state index contributed by atoms with van der Waals surface area (Å²) in [7, 11) is 0. The van der Waals surface area contributed by atoms with Crippen LogP contribution in [0.25, 0.3) is 0 Å². The SMILES string of the molecule is Cc1nnc(NC(=O)c2cccnc2Cl)nc1C. The number of carbonyl (C=O) groups is 1. The van der Waals surface area contributed by atoms with E-state index < -0.39 is 5.91 Å². The quantitative estimate of drug-likeness (QED) is 0.836. The van der Waals surface area contributed by atoms with Crippen molar-refractivity contribution in [3.05, 3.63) is 40.4 Å². The average molecular weight is 264 g/mol. The van der Waals surface area contributed by atoms with E-state index in [1.165, 1.54) is 6.20 Å². The van der Waals surface area contributed by atoms with Gasteiger partial charge in [0, 0.05) is 6.20 Å². The summed E-state index contributed by atoms with van der Waals surface area (Å²) in [5, 5.41) is 10.3. The second kappa shape index (κ2) is 5.05. The second-order valence-electron chi connectivity index (χ2n) is 3.60. The fourth-order valence-corrected chi connectivity index (χ4v) is 1.44. The third kappa shape index (κ3) is 2.60. The van der Waals surface area contributed by atoms with Gasteiger partial charge in [-0.15, -0.1) is 5.10 Å². The maximum atomic E-state index is 11.9. The molecule has 1 N–H and O–H groups in total. The molecule has 0 radical (unpaired) electrons. The minimum absolute atomic E-state index is 0.131. The first-order valence-corrected chi connectivity index (χ1v) is 5.55. The van der Waals surface area contributed by atoms with Crippen LogP contribution in [0.5, 0.6) is 0 Å². The Morgan fingerprint density at radius 2 is 2.06 bits per heavy atom. The highest BCUT2D eigenvalue weighted by molar-refractivity contribution is 6.33. The topological polar surface area (TPSA) is 80.7 Å². The van der Waals surface area contributed by atoms with Gasteiger partial charge in [0.25, 0.3) is 5.91 Å². The monoisotopic (exact) mass is 263 g/mol. The Morgan fingerprint density at radius 3 is 2.72 bits per heavy atom. The van der Waals surface area contributed by atoms with Crippen LogP contribution in [-0.4, -0.2) is 26.1 Å². The Morgan fingerprint density at radius 1 is 1.28 bits per heavy atom. The lowest BCUT2D eigenvalue weighted by molar-refractivity contribution is 0.102. The standard InChI is InChI=1S/C11H10ClN5O/c1-6-7(2)16-17-11(14-6)15-10(18)8-4-3-5-13-9(8)12/h3-5H,1-2H3,(H,14,15,17,18). The molecule has 0 aromatic carbocycles. The maximum absolute atomic E-state index is 11.9. The van der Waals surface area contributed by atoms with Crippen LogP contribution in [0.3, 0.4) is 0 Å². The summed E-state index contributed by atoms with van der Waals surface area (Å²) in [5.41, 5.74) is 1.69. The van der Waals surface area contributed by atoms with Gasteiger partial charge in [0.15, 0.2) is 0 Å². The van der Waals surface area contributed by atoms with Crippen molar-refractivity contribution in [1.29, 1.82) is 0 Å². The van der Waals surface area contributed by atoms with Gasteiger partial charge >= 0.3 is 0 Å². The Bertz CT molecular complexity index is 602. The van der Waals surface area contributed by atoms with E-state index in [4.69, 9.17) is 11.6 Å². The molecule has 0 atom stereocenters. The number of hydrogen-bond acceptors (Lipinski definition) is 5. The van der Waals surface area contributed by atoms with Gasteiger partial charge in [-0.05, 0) is 26.0 Å². The molecule has 0 fully saturated rings. The molecule has 0 aliphatic carbocycles. The van der Waals surface area contributed by atoms with Gasteiger partial charge in [-0.2, -0.15) is 5.10 Å². The van der Waals surface area contributed by atoms with Crippen molar-refractivity contribution >= 4 is 23.5 Å². The Labute approximate surface area is 108 Å². The number of aromatic nitrogens is 4. The molecule has 0 unspecified atom stereocenters. The molecular formula is C11H10ClN5O. The number of halogens is 1. The molecule has 2 aromatic rings. The third-order valence-corrected chi connectivity index (χ3v) is 2.62. The molecule has 0 saturated carbocycles. The zero-order valence-corrected chi connectivity index (χ0v) is 10.6. The molecule has 0 aliphatic heterocycles. The number of nitrogens with zero attached hydrogens (tertiary/aromatic N) is 4. The fourth-order valence-electron chi connectivity index (χ4n) is 1.23. The van der Waals surface area contributed by atoms with Gasteiger partial charge in [0.2, 0.25) is 5.95 Å². The number of carbonyl (C=O) groups excluding carboxylic acids is 1. The second-order valence-corrected chi connectivity index (χ2v) is 3.96. The number of amides is 1. The van der Waals surface area contributed by atoms with Gasteiger partial charge < -0.3 is 0 Å². The molecule has 18 heavy (non-hydrogen) atoms. The predicted molar refractivity (Wildman–Crippen MR) is 66.5 cm³/mol. The molecule has 6 nitrogen and oxygen atoms in total. The van der Waals surface area contributed by atoms with Crippen molar-refractivity contribution in [3.63, 3.8) is 0 Å². The number of aryl methyl sites for hydroxylation is 2. The van der Waals surface area contributed by atoms with Crippen molar-refractivity contribution < 1.29 is 4.79 Å². The summed E-state index contributed by atoms with van der Waals surface area (Å²) in [6.07, 6.45) is 1.51. The molecule has 2 aromatic heterocycles. The van der Waals surface area contributed by atoms with Crippen LogP contribution >= 0.6 is 11.6 Å². The van der Waals surface area contributed by atoms with E-state index in [1.54, 1.807) is 26.0 Å². The zero-order chi connectivity index (χ0) is 13.1. The van der Waals surface area contributed by atoms with Gasteiger partial charge in [-0.3, -0.25) is 10.1 Å². The van der Waals surface area contributed by atoms with E-state index in [9.17, 15) is 4.79 Å². The van der Waals surface area contributed by atoms with Gasteiger partial charge in [-0.1, -0.05) is 11.6 Å². The molecule has 7 heteroatoms. The first kappa shape index (κ1) is 12.4. The maximum Gasteiger partial charge on any atom is 0.261 e. The largest absolute Gasteiger partial charge is 0.289 e. The minimum atomic E-state index is -0.418. The van der Waals surface area contributed by atoms with Crippen molar-refractivity contribution in [2.45, 2.75) is 13.8 Å². The van der Waals surface area contributed by atoms with Crippen LogP contribution in [-0.2, 0) is 0 Å². The van der Waals surface area contributed by atoms with E-state index >= 15 is 0 Å². The smallest absolute Gasteiger partial charge is 0.261 e. The summed E-state index contributed by atoms with van der Waals surface area (Å²) >= 11 is 5.81. The van der Waals surface area contributed by atoms with E-state index in [1.807, 2.05) is 0 Å². The number of anilines is 1. The van der Waals surface area contributed by atoms with E-state index in [0.717, 1.165) is 0 Å². The highest BCUT2D eigenvalue weighted by atomic mass is 35.5.